The highest BCUT2D eigenvalue weighted by Crippen LogP contribution is 2.24. The van der Waals surface area contributed by atoms with Gasteiger partial charge < -0.3 is 10.5 Å². The summed E-state index contributed by atoms with van der Waals surface area (Å²) in [7, 11) is 0. The summed E-state index contributed by atoms with van der Waals surface area (Å²) in [6.07, 6.45) is 0.279. The summed E-state index contributed by atoms with van der Waals surface area (Å²) in [4.78, 5) is 2.43. The number of nitrogens with zero attached hydrogens (tertiary/aromatic N) is 1. The van der Waals surface area contributed by atoms with Crippen molar-refractivity contribution in [2.75, 3.05) is 18.8 Å². The summed E-state index contributed by atoms with van der Waals surface area (Å²) in [6, 6.07) is 6.17. The Morgan fingerprint density at radius 3 is 2.83 bits per heavy atom. The molecule has 2 rings (SSSR count). The molecular formula is C14H21BrN2O. The molecule has 0 amide bonds. The Morgan fingerprint density at radius 2 is 2.22 bits per heavy atom. The Balaban J connectivity index is 2.06. The molecule has 2 N–H and O–H groups in total. The van der Waals surface area contributed by atoms with Crippen LogP contribution >= 0.6 is 15.9 Å². The molecule has 0 aliphatic carbocycles. The zero-order valence-corrected chi connectivity index (χ0v) is 12.8. The zero-order valence-electron chi connectivity index (χ0n) is 11.2. The minimum absolute atomic E-state index is 0.0709. The molecule has 0 radical (unpaired) electrons. The van der Waals surface area contributed by atoms with Gasteiger partial charge in [0.25, 0.3) is 0 Å². The van der Waals surface area contributed by atoms with Gasteiger partial charge in [0.1, 0.15) is 0 Å². The Morgan fingerprint density at radius 1 is 1.50 bits per heavy atom. The summed E-state index contributed by atoms with van der Waals surface area (Å²) < 4.78 is 6.87. The second-order valence-electron chi connectivity index (χ2n) is 5.71. The van der Waals surface area contributed by atoms with Crippen molar-refractivity contribution in [3.05, 3.63) is 28.2 Å². The van der Waals surface area contributed by atoms with Gasteiger partial charge in [-0.3, -0.25) is 4.90 Å². The number of benzene rings is 1. The molecule has 18 heavy (non-hydrogen) atoms. The van der Waals surface area contributed by atoms with Crippen molar-refractivity contribution in [3.63, 3.8) is 0 Å². The first-order valence-electron chi connectivity index (χ1n) is 6.30. The van der Waals surface area contributed by atoms with Gasteiger partial charge in [0.15, 0.2) is 0 Å². The predicted molar refractivity (Wildman–Crippen MR) is 78.5 cm³/mol. The van der Waals surface area contributed by atoms with E-state index in [1.165, 1.54) is 5.56 Å². The fourth-order valence-corrected chi connectivity index (χ4v) is 2.90. The van der Waals surface area contributed by atoms with E-state index in [9.17, 15) is 0 Å². The molecule has 1 aromatic carbocycles. The number of anilines is 1. The molecule has 100 valence electrons. The number of ether oxygens (including phenoxy) is 1. The normalized spacial score (nSPS) is 24.1. The van der Waals surface area contributed by atoms with Crippen LogP contribution in [0.5, 0.6) is 0 Å². The van der Waals surface area contributed by atoms with Crippen LogP contribution in [0.15, 0.2) is 22.7 Å². The zero-order chi connectivity index (χ0) is 13.3. The quantitative estimate of drug-likeness (QED) is 0.853. The molecule has 1 heterocycles. The molecule has 1 unspecified atom stereocenters. The monoisotopic (exact) mass is 312 g/mol. The number of hydrogen-bond donors (Lipinski definition) is 1. The maximum atomic E-state index is 5.92. The van der Waals surface area contributed by atoms with Crippen molar-refractivity contribution in [1.82, 2.24) is 4.90 Å². The average molecular weight is 313 g/mol. The van der Waals surface area contributed by atoms with Gasteiger partial charge in [-0.2, -0.15) is 0 Å². The van der Waals surface area contributed by atoms with Crippen LogP contribution in [0.1, 0.15) is 26.3 Å². The maximum Gasteiger partial charge on any atom is 0.0757 e. The van der Waals surface area contributed by atoms with E-state index in [-0.39, 0.29) is 11.7 Å². The van der Waals surface area contributed by atoms with Crippen molar-refractivity contribution >= 4 is 21.6 Å². The summed E-state index contributed by atoms with van der Waals surface area (Å²) in [5, 5.41) is 0. The molecule has 1 aliphatic heterocycles. The number of halogens is 1. The highest BCUT2D eigenvalue weighted by atomic mass is 79.9. The van der Waals surface area contributed by atoms with E-state index in [2.05, 4.69) is 47.7 Å². The molecule has 1 fully saturated rings. The summed E-state index contributed by atoms with van der Waals surface area (Å²) in [6.45, 7) is 9.27. The predicted octanol–water partition coefficient (Wildman–Crippen LogP) is 3.03. The number of hydrogen-bond acceptors (Lipinski definition) is 3. The van der Waals surface area contributed by atoms with Crippen molar-refractivity contribution in [3.8, 4) is 0 Å². The molecule has 3 nitrogen and oxygen atoms in total. The maximum absolute atomic E-state index is 5.92. The van der Waals surface area contributed by atoms with Gasteiger partial charge in [-0.05, 0) is 54.4 Å². The molecule has 1 aliphatic rings. The van der Waals surface area contributed by atoms with Crippen molar-refractivity contribution in [2.45, 2.75) is 39.0 Å². The van der Waals surface area contributed by atoms with Crippen LogP contribution in [-0.4, -0.2) is 29.7 Å². The van der Waals surface area contributed by atoms with E-state index in [0.29, 0.717) is 0 Å². The van der Waals surface area contributed by atoms with Crippen LogP contribution in [0.25, 0.3) is 0 Å². The summed E-state index contributed by atoms with van der Waals surface area (Å²) in [5.74, 6) is 0. The van der Waals surface area contributed by atoms with E-state index < -0.39 is 0 Å². The molecule has 0 spiro atoms. The topological polar surface area (TPSA) is 38.5 Å². The first-order valence-corrected chi connectivity index (χ1v) is 7.09. The lowest BCUT2D eigenvalue weighted by Gasteiger charge is -2.41. The first kappa shape index (κ1) is 13.8. The van der Waals surface area contributed by atoms with Gasteiger partial charge in [-0.1, -0.05) is 6.07 Å². The number of rotatable bonds is 2. The van der Waals surface area contributed by atoms with Gasteiger partial charge in [-0.25, -0.2) is 0 Å². The summed E-state index contributed by atoms with van der Waals surface area (Å²) >= 11 is 3.42. The van der Waals surface area contributed by atoms with E-state index >= 15 is 0 Å². The van der Waals surface area contributed by atoms with Crippen LogP contribution in [-0.2, 0) is 11.3 Å². The van der Waals surface area contributed by atoms with E-state index in [4.69, 9.17) is 10.5 Å². The van der Waals surface area contributed by atoms with Crippen LogP contribution in [0.4, 0.5) is 5.69 Å². The Labute approximate surface area is 117 Å². The Bertz CT molecular complexity index is 434. The lowest BCUT2D eigenvalue weighted by Crippen LogP contribution is -2.51. The smallest absolute Gasteiger partial charge is 0.0757 e. The van der Waals surface area contributed by atoms with Crippen molar-refractivity contribution in [2.24, 2.45) is 0 Å². The summed E-state index contributed by atoms with van der Waals surface area (Å²) in [5.41, 5.74) is 7.90. The largest absolute Gasteiger partial charge is 0.398 e. The highest BCUT2D eigenvalue weighted by molar-refractivity contribution is 9.10. The van der Waals surface area contributed by atoms with Crippen LogP contribution in [0.2, 0.25) is 0 Å². The second kappa shape index (κ2) is 5.19. The third-order valence-electron chi connectivity index (χ3n) is 3.11. The molecule has 1 atom stereocenters. The third kappa shape index (κ3) is 3.46. The third-order valence-corrected chi connectivity index (χ3v) is 3.83. The number of nitrogen functional groups attached to an aromatic ring is 1. The van der Waals surface area contributed by atoms with Crippen LogP contribution in [0.3, 0.4) is 0 Å². The van der Waals surface area contributed by atoms with Crippen molar-refractivity contribution in [1.29, 1.82) is 0 Å². The number of nitrogens with two attached hydrogens (primary N) is 1. The minimum atomic E-state index is -0.0709. The van der Waals surface area contributed by atoms with Gasteiger partial charge in [-0.15, -0.1) is 0 Å². The second-order valence-corrected chi connectivity index (χ2v) is 6.57. The standard InChI is InChI=1S/C14H21BrN2O/c1-10-7-17(9-14(2,3)18-10)8-11-4-5-12(15)13(16)6-11/h4-6,10H,7-9,16H2,1-3H3. The lowest BCUT2D eigenvalue weighted by atomic mass is 10.0. The Kier molecular flexibility index (Phi) is 3.99. The fraction of sp³-hybridized carbons (Fsp3) is 0.571. The van der Waals surface area contributed by atoms with Crippen LogP contribution in [0, 0.1) is 0 Å². The molecule has 0 saturated carbocycles. The van der Waals surface area contributed by atoms with Crippen LogP contribution < -0.4 is 5.73 Å². The van der Waals surface area contributed by atoms with Gasteiger partial charge in [0.05, 0.1) is 11.7 Å². The van der Waals surface area contributed by atoms with Gasteiger partial charge in [0, 0.05) is 29.8 Å². The minimum Gasteiger partial charge on any atom is -0.398 e. The van der Waals surface area contributed by atoms with Gasteiger partial charge >= 0.3 is 0 Å². The molecule has 0 bridgehead atoms. The molecule has 0 aromatic heterocycles. The van der Waals surface area contributed by atoms with E-state index in [0.717, 1.165) is 29.8 Å². The first-order chi connectivity index (χ1) is 8.35. The Hall–Kier alpha value is -0.580. The van der Waals surface area contributed by atoms with E-state index in [1.807, 2.05) is 12.1 Å². The lowest BCUT2D eigenvalue weighted by molar-refractivity contribution is -0.130. The molecule has 1 saturated heterocycles. The molecule has 1 aromatic rings. The van der Waals surface area contributed by atoms with Gasteiger partial charge in [0.2, 0.25) is 0 Å². The molecule has 4 heteroatoms. The average Bonchev–Trinajstić information content (AvgIpc) is 2.20. The SMILES string of the molecule is CC1CN(Cc2ccc(Br)c(N)c2)CC(C)(C)O1. The highest BCUT2D eigenvalue weighted by Gasteiger charge is 2.31. The molecular weight excluding hydrogens is 292 g/mol. The van der Waals surface area contributed by atoms with E-state index in [1.54, 1.807) is 0 Å². The van der Waals surface area contributed by atoms with Crippen molar-refractivity contribution < 1.29 is 4.74 Å². The fourth-order valence-electron chi connectivity index (χ4n) is 2.66. The number of morpholine rings is 1.